The van der Waals surface area contributed by atoms with E-state index in [1.165, 1.54) is 36.0 Å². The third-order valence-corrected chi connectivity index (χ3v) is 7.75. The van der Waals surface area contributed by atoms with E-state index in [4.69, 9.17) is 9.47 Å². The Kier molecular flexibility index (Phi) is 7.14. The van der Waals surface area contributed by atoms with Gasteiger partial charge in [0, 0.05) is 23.4 Å². The van der Waals surface area contributed by atoms with Crippen molar-refractivity contribution in [2.45, 2.75) is 23.2 Å². The van der Waals surface area contributed by atoms with E-state index in [2.05, 4.69) is 0 Å². The molecule has 0 saturated carbocycles. The second-order valence-electron chi connectivity index (χ2n) is 9.11. The van der Waals surface area contributed by atoms with Crippen LogP contribution in [0.4, 0.5) is 0 Å². The second kappa shape index (κ2) is 10.7. The fraction of sp³-hybridized carbons (Fsp3) is 0.138. The predicted molar refractivity (Wildman–Crippen MR) is 144 cm³/mol. The van der Waals surface area contributed by atoms with Crippen LogP contribution in [0, 0.1) is 0 Å². The number of aromatic hydroxyl groups is 7. The molecule has 0 bridgehead atoms. The zero-order valence-electron chi connectivity index (χ0n) is 20.6. The maximum atomic E-state index is 13.3. The summed E-state index contributed by atoms with van der Waals surface area (Å²) in [4.78, 5) is 13.3. The third kappa shape index (κ3) is 5.19. The quantitative estimate of drug-likeness (QED) is 0.124. The topological polar surface area (TPSA) is 177 Å². The first kappa shape index (κ1) is 26.7. The summed E-state index contributed by atoms with van der Waals surface area (Å²) < 4.78 is 12.0. The number of fused-ring (bicyclic) bond motifs is 1. The maximum Gasteiger partial charge on any atom is 0.338 e. The molecule has 5 rings (SSSR count). The Bertz CT molecular complexity index is 1550. The molecule has 0 spiro atoms. The number of phenolic OH excluding ortho intramolecular Hbond substituents is 7. The molecule has 0 amide bonds. The van der Waals surface area contributed by atoms with Gasteiger partial charge in [-0.2, -0.15) is 0 Å². The molecule has 7 N–H and O–H groups in total. The Hall–Kier alpha value is -4.90. The van der Waals surface area contributed by atoms with Crippen molar-refractivity contribution in [3.05, 3.63) is 95.1 Å². The van der Waals surface area contributed by atoms with Crippen LogP contribution in [0.1, 0.15) is 38.4 Å². The van der Waals surface area contributed by atoms with Crippen LogP contribution < -0.4 is 4.74 Å². The minimum atomic E-state index is -1.17. The van der Waals surface area contributed by atoms with E-state index in [1.54, 1.807) is 0 Å². The van der Waals surface area contributed by atoms with Gasteiger partial charge in [-0.15, -0.1) is 11.8 Å². The average Bonchev–Trinajstić information content (AvgIpc) is 2.92. The molecule has 1 aliphatic heterocycles. The zero-order chi connectivity index (χ0) is 28.6. The zero-order valence-corrected chi connectivity index (χ0v) is 21.4. The number of phenols is 7. The second-order valence-corrected chi connectivity index (χ2v) is 10.2. The molecule has 40 heavy (non-hydrogen) atoms. The first-order valence-corrected chi connectivity index (χ1v) is 13.0. The standard InChI is InChI=1S/C29H24O10S/c30-17-11-20(33)24-23(12-17)38-26(15-6-7-18(31)19(32)8-15)27(28(24)40-13-14-4-2-1-3-5-14)39-29(37)16-9-21(34)25(36)22(35)10-16/h1-12,26-28,30-36H,13H2. The van der Waals surface area contributed by atoms with Crippen LogP contribution in [0.2, 0.25) is 0 Å². The van der Waals surface area contributed by atoms with E-state index >= 15 is 0 Å². The lowest BCUT2D eigenvalue weighted by Crippen LogP contribution is -2.37. The molecule has 4 aromatic carbocycles. The molecule has 0 aliphatic carbocycles. The molecule has 0 fully saturated rings. The monoisotopic (exact) mass is 564 g/mol. The molecule has 0 saturated heterocycles. The highest BCUT2D eigenvalue weighted by Gasteiger charge is 2.44. The number of benzene rings is 4. The Morgan fingerprint density at radius 3 is 2.15 bits per heavy atom. The fourth-order valence-electron chi connectivity index (χ4n) is 4.46. The molecule has 3 unspecified atom stereocenters. The number of hydrogen-bond acceptors (Lipinski definition) is 11. The van der Waals surface area contributed by atoms with E-state index in [9.17, 15) is 40.5 Å². The average molecular weight is 565 g/mol. The van der Waals surface area contributed by atoms with E-state index in [0.29, 0.717) is 11.3 Å². The van der Waals surface area contributed by atoms with Crippen LogP contribution in [0.25, 0.3) is 0 Å². The van der Waals surface area contributed by atoms with E-state index in [-0.39, 0.29) is 34.1 Å². The summed E-state index contributed by atoms with van der Waals surface area (Å²) in [6.07, 6.45) is -2.28. The molecule has 0 radical (unpaired) electrons. The summed E-state index contributed by atoms with van der Waals surface area (Å²) >= 11 is 1.32. The molecule has 1 aliphatic rings. The van der Waals surface area contributed by atoms with Gasteiger partial charge in [-0.3, -0.25) is 0 Å². The van der Waals surface area contributed by atoms with E-state index < -0.39 is 46.4 Å². The maximum absolute atomic E-state index is 13.3. The van der Waals surface area contributed by atoms with Crippen LogP contribution in [-0.4, -0.2) is 47.8 Å². The smallest absolute Gasteiger partial charge is 0.338 e. The normalized spacial score (nSPS) is 17.9. The van der Waals surface area contributed by atoms with Crippen LogP contribution >= 0.6 is 11.8 Å². The summed E-state index contributed by atoms with van der Waals surface area (Å²) in [6.45, 7) is 0. The number of thioether (sulfide) groups is 1. The number of ether oxygens (including phenoxy) is 2. The highest BCUT2D eigenvalue weighted by atomic mass is 32.2. The molecular weight excluding hydrogens is 540 g/mol. The number of rotatable bonds is 6. The van der Waals surface area contributed by atoms with Gasteiger partial charge in [0.15, 0.2) is 41.0 Å². The number of esters is 1. The van der Waals surface area contributed by atoms with Gasteiger partial charge in [0.25, 0.3) is 0 Å². The highest BCUT2D eigenvalue weighted by molar-refractivity contribution is 7.98. The van der Waals surface area contributed by atoms with Crippen molar-refractivity contribution in [1.29, 1.82) is 0 Å². The lowest BCUT2D eigenvalue weighted by molar-refractivity contribution is -0.0203. The Labute approximate surface area is 231 Å². The predicted octanol–water partition coefficient (Wildman–Crippen LogP) is 4.96. The van der Waals surface area contributed by atoms with Crippen molar-refractivity contribution >= 4 is 17.7 Å². The minimum absolute atomic E-state index is 0.118. The van der Waals surface area contributed by atoms with Crippen LogP contribution in [0.5, 0.6) is 46.0 Å². The molecule has 3 atom stereocenters. The lowest BCUT2D eigenvalue weighted by atomic mass is 9.93. The van der Waals surface area contributed by atoms with Crippen LogP contribution in [-0.2, 0) is 10.5 Å². The van der Waals surface area contributed by atoms with Crippen molar-refractivity contribution in [3.63, 3.8) is 0 Å². The van der Waals surface area contributed by atoms with Crippen molar-refractivity contribution in [3.8, 4) is 46.0 Å². The van der Waals surface area contributed by atoms with Crippen molar-refractivity contribution in [2.75, 3.05) is 0 Å². The molecule has 11 heteroatoms. The molecule has 0 aromatic heterocycles. The van der Waals surface area contributed by atoms with Gasteiger partial charge < -0.3 is 45.2 Å². The molecule has 10 nitrogen and oxygen atoms in total. The molecule has 1 heterocycles. The summed E-state index contributed by atoms with van der Waals surface area (Å²) in [5.74, 6) is -4.10. The summed E-state index contributed by atoms with van der Waals surface area (Å²) in [5, 5.41) is 69.8. The van der Waals surface area contributed by atoms with Gasteiger partial charge in [-0.1, -0.05) is 36.4 Å². The van der Waals surface area contributed by atoms with Crippen molar-refractivity contribution in [2.24, 2.45) is 0 Å². The van der Waals surface area contributed by atoms with Crippen LogP contribution in [0.15, 0.2) is 72.8 Å². The van der Waals surface area contributed by atoms with Gasteiger partial charge in [0.2, 0.25) is 0 Å². The lowest BCUT2D eigenvalue weighted by Gasteiger charge is -2.39. The van der Waals surface area contributed by atoms with Gasteiger partial charge in [-0.05, 0) is 29.8 Å². The summed E-state index contributed by atoms with van der Waals surface area (Å²) in [7, 11) is 0. The number of carbonyl (C=O) groups is 1. The van der Waals surface area contributed by atoms with Gasteiger partial charge in [0.05, 0.1) is 16.4 Å². The Balaban J connectivity index is 1.61. The largest absolute Gasteiger partial charge is 0.508 e. The fourth-order valence-corrected chi connectivity index (χ4v) is 5.81. The van der Waals surface area contributed by atoms with Gasteiger partial charge >= 0.3 is 5.97 Å². The Morgan fingerprint density at radius 1 is 0.775 bits per heavy atom. The number of hydrogen-bond donors (Lipinski definition) is 7. The Morgan fingerprint density at radius 2 is 1.48 bits per heavy atom. The molecular formula is C29H24O10S. The first-order valence-electron chi connectivity index (χ1n) is 12.0. The summed E-state index contributed by atoms with van der Waals surface area (Å²) in [6, 6.07) is 17.7. The highest BCUT2D eigenvalue weighted by Crippen LogP contribution is 2.54. The molecule has 206 valence electrons. The summed E-state index contributed by atoms with van der Waals surface area (Å²) in [5.41, 5.74) is 1.24. The molecule has 4 aromatic rings. The minimum Gasteiger partial charge on any atom is -0.508 e. The number of carbonyl (C=O) groups excluding carboxylic acids is 1. The van der Waals surface area contributed by atoms with Crippen molar-refractivity contribution in [1.82, 2.24) is 0 Å². The van der Waals surface area contributed by atoms with E-state index in [0.717, 1.165) is 23.8 Å². The first-order chi connectivity index (χ1) is 19.1. The van der Waals surface area contributed by atoms with Crippen LogP contribution in [0.3, 0.4) is 0 Å². The van der Waals surface area contributed by atoms with E-state index in [1.807, 2.05) is 30.3 Å². The third-order valence-electron chi connectivity index (χ3n) is 6.39. The van der Waals surface area contributed by atoms with Gasteiger partial charge in [-0.25, -0.2) is 4.79 Å². The van der Waals surface area contributed by atoms with Crippen molar-refractivity contribution < 1.29 is 50.0 Å². The van der Waals surface area contributed by atoms with Gasteiger partial charge in [0.1, 0.15) is 17.2 Å². The SMILES string of the molecule is O=C(OC1C(c2ccc(O)c(O)c2)Oc2cc(O)cc(O)c2C1SCc1ccccc1)c1cc(O)c(O)c(O)c1.